The normalized spacial score (nSPS) is 12.4. The Morgan fingerprint density at radius 1 is 1.00 bits per heavy atom. The molecule has 112 valence electrons. The van der Waals surface area contributed by atoms with Crippen LogP contribution in [0.3, 0.4) is 0 Å². The van der Waals surface area contributed by atoms with Gasteiger partial charge in [0.1, 0.15) is 5.60 Å². The van der Waals surface area contributed by atoms with E-state index >= 15 is 0 Å². The maximum atomic E-state index is 6.09. The zero-order chi connectivity index (χ0) is 15.6. The molecular weight excluding hydrogens is 250 g/mol. The molecule has 0 fully saturated rings. The minimum absolute atomic E-state index is 0.410. The lowest BCUT2D eigenvalue weighted by atomic mass is 10.0. The first-order chi connectivity index (χ1) is 9.06. The fourth-order valence-electron chi connectivity index (χ4n) is 1.34. The quantitative estimate of drug-likeness (QED) is 0.577. The molecule has 0 atom stereocenters. The van der Waals surface area contributed by atoms with Gasteiger partial charge in [0.25, 0.3) is 0 Å². The molecular formula is C17H27NO2. The predicted molar refractivity (Wildman–Crippen MR) is 84.4 cm³/mol. The second kappa shape index (κ2) is 5.88. The SMILES string of the molecule is C=C(C)C(C)(C)Oc1ccccc1OC(C)(C)N(C)C. The molecule has 3 nitrogen and oxygen atoms in total. The highest BCUT2D eigenvalue weighted by Gasteiger charge is 2.26. The van der Waals surface area contributed by atoms with Gasteiger partial charge in [0.15, 0.2) is 17.2 Å². The minimum Gasteiger partial charge on any atom is -0.480 e. The van der Waals surface area contributed by atoms with Gasteiger partial charge in [-0.05, 0) is 66.4 Å². The lowest BCUT2D eigenvalue weighted by molar-refractivity contribution is -0.0271. The number of nitrogens with zero attached hydrogens (tertiary/aromatic N) is 1. The minimum atomic E-state index is -0.429. The molecule has 1 aromatic carbocycles. The van der Waals surface area contributed by atoms with Crippen LogP contribution in [-0.4, -0.2) is 30.3 Å². The molecule has 0 aliphatic heterocycles. The van der Waals surface area contributed by atoms with E-state index in [1.165, 1.54) is 0 Å². The van der Waals surface area contributed by atoms with Crippen molar-refractivity contribution in [3.63, 3.8) is 0 Å². The van der Waals surface area contributed by atoms with Crippen LogP contribution in [0.15, 0.2) is 36.4 Å². The van der Waals surface area contributed by atoms with Crippen LogP contribution in [0.25, 0.3) is 0 Å². The molecule has 0 N–H and O–H groups in total. The van der Waals surface area contributed by atoms with E-state index < -0.39 is 11.3 Å². The van der Waals surface area contributed by atoms with E-state index in [2.05, 4.69) is 6.58 Å². The summed E-state index contributed by atoms with van der Waals surface area (Å²) >= 11 is 0. The Bertz CT molecular complexity index is 476. The predicted octanol–water partition coefficient (Wildman–Crippen LogP) is 4.10. The maximum absolute atomic E-state index is 6.09. The van der Waals surface area contributed by atoms with E-state index in [9.17, 15) is 0 Å². The molecule has 0 heterocycles. The standard InChI is InChI=1S/C17H27NO2/c1-13(2)16(3,4)19-14-11-9-10-12-15(14)20-17(5,6)18(7)8/h9-12H,1H2,2-8H3. The van der Waals surface area contributed by atoms with Gasteiger partial charge in [0.2, 0.25) is 0 Å². The maximum Gasteiger partial charge on any atom is 0.163 e. The third-order valence-corrected chi connectivity index (χ3v) is 3.68. The number of benzene rings is 1. The van der Waals surface area contributed by atoms with Crippen molar-refractivity contribution in [2.24, 2.45) is 0 Å². The van der Waals surface area contributed by atoms with Gasteiger partial charge in [-0.1, -0.05) is 18.7 Å². The van der Waals surface area contributed by atoms with E-state index in [1.54, 1.807) is 0 Å². The van der Waals surface area contributed by atoms with Crippen molar-refractivity contribution in [1.29, 1.82) is 0 Å². The van der Waals surface area contributed by atoms with Crippen LogP contribution in [-0.2, 0) is 0 Å². The molecule has 1 aromatic rings. The molecule has 0 unspecified atom stereocenters. The fraction of sp³-hybridized carbons (Fsp3) is 0.529. The lowest BCUT2D eigenvalue weighted by Crippen LogP contribution is -2.43. The van der Waals surface area contributed by atoms with Crippen LogP contribution < -0.4 is 9.47 Å². The highest BCUT2D eigenvalue weighted by Crippen LogP contribution is 2.34. The molecule has 1 rings (SSSR count). The van der Waals surface area contributed by atoms with Gasteiger partial charge < -0.3 is 9.47 Å². The van der Waals surface area contributed by atoms with Gasteiger partial charge in [-0.3, -0.25) is 4.90 Å². The summed E-state index contributed by atoms with van der Waals surface area (Å²) in [6, 6.07) is 7.74. The van der Waals surface area contributed by atoms with Gasteiger partial charge in [0.05, 0.1) is 0 Å². The van der Waals surface area contributed by atoms with Gasteiger partial charge >= 0.3 is 0 Å². The number of hydrogen-bond acceptors (Lipinski definition) is 3. The van der Waals surface area contributed by atoms with Crippen LogP contribution in [0.2, 0.25) is 0 Å². The topological polar surface area (TPSA) is 21.7 Å². The number of ether oxygens (including phenoxy) is 2. The van der Waals surface area contributed by atoms with E-state index in [-0.39, 0.29) is 0 Å². The molecule has 0 saturated carbocycles. The fourth-order valence-corrected chi connectivity index (χ4v) is 1.34. The molecule has 3 heteroatoms. The average molecular weight is 277 g/mol. The number of hydrogen-bond donors (Lipinski definition) is 0. The second-order valence-electron chi connectivity index (χ2n) is 6.28. The van der Waals surface area contributed by atoms with Crippen molar-refractivity contribution in [3.8, 4) is 11.5 Å². The summed E-state index contributed by atoms with van der Waals surface area (Å²) in [6.07, 6.45) is 0. The Morgan fingerprint density at radius 3 is 1.85 bits per heavy atom. The van der Waals surface area contributed by atoms with Gasteiger partial charge in [-0.2, -0.15) is 0 Å². The monoisotopic (exact) mass is 277 g/mol. The van der Waals surface area contributed by atoms with Crippen LogP contribution in [0.4, 0.5) is 0 Å². The number of para-hydroxylation sites is 2. The smallest absolute Gasteiger partial charge is 0.163 e. The summed E-state index contributed by atoms with van der Waals surface area (Å²) in [7, 11) is 3.97. The third-order valence-electron chi connectivity index (χ3n) is 3.68. The van der Waals surface area contributed by atoms with Gasteiger partial charge in [-0.25, -0.2) is 0 Å². The zero-order valence-electron chi connectivity index (χ0n) is 13.8. The summed E-state index contributed by atoms with van der Waals surface area (Å²) < 4.78 is 12.2. The molecule has 0 radical (unpaired) electrons. The Hall–Kier alpha value is -1.48. The Balaban J connectivity index is 3.03. The molecule has 0 amide bonds. The largest absolute Gasteiger partial charge is 0.480 e. The Labute approximate surface area is 123 Å². The van der Waals surface area contributed by atoms with Crippen molar-refractivity contribution in [3.05, 3.63) is 36.4 Å². The van der Waals surface area contributed by atoms with E-state index in [1.807, 2.05) is 77.9 Å². The number of rotatable bonds is 6. The van der Waals surface area contributed by atoms with Crippen molar-refractivity contribution in [1.82, 2.24) is 4.90 Å². The van der Waals surface area contributed by atoms with Crippen molar-refractivity contribution < 1.29 is 9.47 Å². The molecule has 0 aromatic heterocycles. The van der Waals surface area contributed by atoms with Gasteiger partial charge in [-0.15, -0.1) is 0 Å². The molecule has 0 spiro atoms. The highest BCUT2D eigenvalue weighted by molar-refractivity contribution is 5.41. The van der Waals surface area contributed by atoms with Gasteiger partial charge in [0, 0.05) is 0 Å². The highest BCUT2D eigenvalue weighted by atomic mass is 16.6. The van der Waals surface area contributed by atoms with E-state index in [0.29, 0.717) is 0 Å². The molecule has 0 aliphatic carbocycles. The van der Waals surface area contributed by atoms with Crippen LogP contribution in [0, 0.1) is 0 Å². The Morgan fingerprint density at radius 2 is 1.45 bits per heavy atom. The summed E-state index contributed by atoms with van der Waals surface area (Å²) in [5.74, 6) is 1.47. The first-order valence-electron chi connectivity index (χ1n) is 6.87. The van der Waals surface area contributed by atoms with Crippen LogP contribution >= 0.6 is 0 Å². The third kappa shape index (κ3) is 4.01. The average Bonchev–Trinajstić information content (AvgIpc) is 2.30. The summed E-state index contributed by atoms with van der Waals surface area (Å²) in [6.45, 7) is 14.0. The van der Waals surface area contributed by atoms with Crippen molar-refractivity contribution >= 4 is 0 Å². The summed E-state index contributed by atoms with van der Waals surface area (Å²) in [5.41, 5.74) is 0.133. The molecule has 20 heavy (non-hydrogen) atoms. The summed E-state index contributed by atoms with van der Waals surface area (Å²) in [5, 5.41) is 0. The zero-order valence-corrected chi connectivity index (χ0v) is 13.8. The molecule has 0 aliphatic rings. The van der Waals surface area contributed by atoms with E-state index in [4.69, 9.17) is 9.47 Å². The first kappa shape index (κ1) is 16.6. The Kier molecular flexibility index (Phi) is 4.87. The molecule has 0 bridgehead atoms. The summed E-state index contributed by atoms with van der Waals surface area (Å²) in [4.78, 5) is 2.02. The van der Waals surface area contributed by atoms with E-state index in [0.717, 1.165) is 17.1 Å². The van der Waals surface area contributed by atoms with Crippen molar-refractivity contribution in [2.75, 3.05) is 14.1 Å². The van der Waals surface area contributed by atoms with Crippen molar-refractivity contribution in [2.45, 2.75) is 45.9 Å². The second-order valence-corrected chi connectivity index (χ2v) is 6.28. The first-order valence-corrected chi connectivity index (χ1v) is 6.87. The lowest BCUT2D eigenvalue weighted by Gasteiger charge is -2.35. The van der Waals surface area contributed by atoms with Crippen LogP contribution in [0.1, 0.15) is 34.6 Å². The van der Waals surface area contributed by atoms with Crippen LogP contribution in [0.5, 0.6) is 11.5 Å². The molecule has 0 saturated heterocycles.